The molecule has 0 fully saturated rings. The molecule has 0 aliphatic heterocycles. The van der Waals surface area contributed by atoms with Crippen molar-refractivity contribution in [3.05, 3.63) is 29.8 Å². The van der Waals surface area contributed by atoms with Crippen LogP contribution in [-0.2, 0) is 14.3 Å². The smallest absolute Gasteiger partial charge is 0.307 e. The largest absolute Gasteiger partial charge is 0.493 e. The van der Waals surface area contributed by atoms with Crippen LogP contribution in [0.3, 0.4) is 0 Å². The van der Waals surface area contributed by atoms with Gasteiger partial charge in [0.15, 0.2) is 11.5 Å². The predicted molar refractivity (Wildman–Crippen MR) is 103 cm³/mol. The fourth-order valence-electron chi connectivity index (χ4n) is 2.41. The van der Waals surface area contributed by atoms with Gasteiger partial charge in [-0.1, -0.05) is 6.07 Å². The molecule has 1 rings (SSSR count). The van der Waals surface area contributed by atoms with E-state index in [2.05, 4.69) is 0 Å². The van der Waals surface area contributed by atoms with Gasteiger partial charge >= 0.3 is 5.97 Å². The highest BCUT2D eigenvalue weighted by Crippen LogP contribution is 2.28. The summed E-state index contributed by atoms with van der Waals surface area (Å²) in [6.45, 7) is 6.34. The zero-order chi connectivity index (χ0) is 20.2. The second-order valence-corrected chi connectivity index (χ2v) is 5.86. The number of hydrogen-bond donors (Lipinski definition) is 1. The second-order valence-electron chi connectivity index (χ2n) is 5.86. The minimum absolute atomic E-state index is 0.0804. The summed E-state index contributed by atoms with van der Waals surface area (Å²) in [6.07, 6.45) is 2.44. The van der Waals surface area contributed by atoms with Gasteiger partial charge in [-0.15, -0.1) is 0 Å². The van der Waals surface area contributed by atoms with Gasteiger partial charge in [0.2, 0.25) is 5.91 Å². The van der Waals surface area contributed by atoms with Gasteiger partial charge in [0.25, 0.3) is 0 Å². The molecule has 0 bridgehead atoms. The minimum atomic E-state index is -0.699. The minimum Gasteiger partial charge on any atom is -0.493 e. The molecule has 150 valence electrons. The van der Waals surface area contributed by atoms with Crippen molar-refractivity contribution in [1.82, 2.24) is 4.90 Å². The summed E-state index contributed by atoms with van der Waals surface area (Å²) in [5.74, 6) is 0.539. The van der Waals surface area contributed by atoms with Crippen molar-refractivity contribution in [2.45, 2.75) is 33.3 Å². The second kappa shape index (κ2) is 12.0. The molecule has 7 nitrogen and oxygen atoms in total. The molecule has 0 aliphatic carbocycles. The number of rotatable bonds is 11. The number of nitrogens with zero attached hydrogens (tertiary/aromatic N) is 1. The highest BCUT2D eigenvalue weighted by atomic mass is 16.5. The van der Waals surface area contributed by atoms with Crippen LogP contribution in [0.2, 0.25) is 0 Å². The maximum Gasteiger partial charge on any atom is 0.307 e. The summed E-state index contributed by atoms with van der Waals surface area (Å²) in [4.78, 5) is 25.4. The zero-order valence-corrected chi connectivity index (χ0v) is 16.4. The lowest BCUT2D eigenvalue weighted by atomic mass is 10.2. The van der Waals surface area contributed by atoms with Gasteiger partial charge in [-0.25, -0.2) is 0 Å². The first-order chi connectivity index (χ1) is 12.9. The molecule has 0 saturated heterocycles. The molecule has 0 radical (unpaired) electrons. The maximum atomic E-state index is 12.5. The Balaban J connectivity index is 2.82. The molecule has 1 N–H and O–H groups in total. The molecule has 1 aromatic rings. The van der Waals surface area contributed by atoms with E-state index in [9.17, 15) is 14.7 Å². The van der Waals surface area contributed by atoms with Crippen LogP contribution in [0.25, 0.3) is 6.08 Å². The summed E-state index contributed by atoms with van der Waals surface area (Å²) in [7, 11) is 1.55. The predicted octanol–water partition coefficient (Wildman–Crippen LogP) is 2.27. The van der Waals surface area contributed by atoms with Gasteiger partial charge in [0, 0.05) is 19.2 Å². The van der Waals surface area contributed by atoms with E-state index in [0.29, 0.717) is 24.7 Å². The molecular weight excluding hydrogens is 350 g/mol. The number of carbonyl (C=O) groups excluding carboxylic acids is 2. The van der Waals surface area contributed by atoms with Crippen molar-refractivity contribution in [2.24, 2.45) is 0 Å². The Morgan fingerprint density at radius 3 is 2.56 bits per heavy atom. The van der Waals surface area contributed by atoms with Gasteiger partial charge < -0.3 is 24.2 Å². The van der Waals surface area contributed by atoms with Crippen molar-refractivity contribution in [2.75, 3.05) is 33.4 Å². The molecule has 1 aromatic carbocycles. The van der Waals surface area contributed by atoms with Crippen LogP contribution in [0.5, 0.6) is 11.5 Å². The van der Waals surface area contributed by atoms with E-state index in [1.165, 1.54) is 11.0 Å². The van der Waals surface area contributed by atoms with Crippen LogP contribution in [-0.4, -0.2) is 61.4 Å². The van der Waals surface area contributed by atoms with E-state index in [0.717, 1.165) is 5.56 Å². The summed E-state index contributed by atoms with van der Waals surface area (Å²) in [5.41, 5.74) is 0.769. The Kier molecular flexibility index (Phi) is 9.96. The zero-order valence-electron chi connectivity index (χ0n) is 16.4. The molecule has 0 saturated carbocycles. The van der Waals surface area contributed by atoms with E-state index in [1.54, 1.807) is 39.2 Å². The quantitative estimate of drug-likeness (QED) is 0.469. The Bertz CT molecular complexity index is 641. The molecule has 7 heteroatoms. The van der Waals surface area contributed by atoms with Crippen molar-refractivity contribution < 1.29 is 28.9 Å². The van der Waals surface area contributed by atoms with Crippen LogP contribution in [0.15, 0.2) is 24.3 Å². The first-order valence-electron chi connectivity index (χ1n) is 9.02. The third-order valence-electron chi connectivity index (χ3n) is 3.59. The fraction of sp³-hybridized carbons (Fsp3) is 0.500. The van der Waals surface area contributed by atoms with E-state index in [-0.39, 0.29) is 31.4 Å². The molecule has 0 heterocycles. The molecule has 1 atom stereocenters. The molecule has 27 heavy (non-hydrogen) atoms. The number of aliphatic hydroxyl groups is 1. The summed E-state index contributed by atoms with van der Waals surface area (Å²) < 4.78 is 15.6. The van der Waals surface area contributed by atoms with Gasteiger partial charge in [-0.2, -0.15) is 0 Å². The number of ether oxygens (including phenoxy) is 3. The maximum absolute atomic E-state index is 12.5. The Morgan fingerprint density at radius 1 is 1.22 bits per heavy atom. The van der Waals surface area contributed by atoms with Crippen molar-refractivity contribution in [1.29, 1.82) is 0 Å². The highest BCUT2D eigenvalue weighted by Gasteiger charge is 2.15. The van der Waals surface area contributed by atoms with Crippen molar-refractivity contribution >= 4 is 18.0 Å². The average Bonchev–Trinajstić information content (AvgIpc) is 2.64. The third kappa shape index (κ3) is 8.13. The normalized spacial score (nSPS) is 11.9. The number of amides is 1. The van der Waals surface area contributed by atoms with Crippen LogP contribution in [0.4, 0.5) is 0 Å². The van der Waals surface area contributed by atoms with Crippen LogP contribution in [0, 0.1) is 0 Å². The number of hydrogen-bond acceptors (Lipinski definition) is 6. The van der Waals surface area contributed by atoms with Crippen LogP contribution < -0.4 is 9.47 Å². The van der Waals surface area contributed by atoms with E-state index in [1.807, 2.05) is 13.0 Å². The topological polar surface area (TPSA) is 85.3 Å². The lowest BCUT2D eigenvalue weighted by Gasteiger charge is -2.22. The first kappa shape index (κ1) is 22.5. The van der Waals surface area contributed by atoms with Gasteiger partial charge in [0.05, 0.1) is 32.8 Å². The first-order valence-corrected chi connectivity index (χ1v) is 9.02. The Hall–Kier alpha value is -2.54. The lowest BCUT2D eigenvalue weighted by Crippen LogP contribution is -2.37. The Morgan fingerprint density at radius 2 is 1.96 bits per heavy atom. The lowest BCUT2D eigenvalue weighted by molar-refractivity contribution is -0.144. The molecule has 1 amide bonds. The molecule has 0 aliphatic rings. The fourth-order valence-corrected chi connectivity index (χ4v) is 2.41. The summed E-state index contributed by atoms with van der Waals surface area (Å²) in [6, 6.07) is 5.36. The van der Waals surface area contributed by atoms with E-state index in [4.69, 9.17) is 14.2 Å². The third-order valence-corrected chi connectivity index (χ3v) is 3.59. The Labute approximate surface area is 160 Å². The number of carbonyl (C=O) groups is 2. The van der Waals surface area contributed by atoms with Gasteiger partial charge in [-0.05, 0) is 44.5 Å². The summed E-state index contributed by atoms with van der Waals surface area (Å²) >= 11 is 0. The van der Waals surface area contributed by atoms with Gasteiger partial charge in [-0.3, -0.25) is 9.59 Å². The SMILES string of the molecule is CCOC(=O)CCN(CC(C)O)C(=O)/C=C/c1ccc(OCC)c(OC)c1. The van der Waals surface area contributed by atoms with Gasteiger partial charge in [0.1, 0.15) is 0 Å². The van der Waals surface area contributed by atoms with Crippen molar-refractivity contribution in [3.8, 4) is 11.5 Å². The molecule has 0 spiro atoms. The van der Waals surface area contributed by atoms with Crippen LogP contribution in [0.1, 0.15) is 32.8 Å². The van der Waals surface area contributed by atoms with E-state index < -0.39 is 6.10 Å². The average molecular weight is 379 g/mol. The van der Waals surface area contributed by atoms with Crippen LogP contribution >= 0.6 is 0 Å². The summed E-state index contributed by atoms with van der Waals surface area (Å²) in [5, 5.41) is 9.61. The van der Waals surface area contributed by atoms with Crippen molar-refractivity contribution in [3.63, 3.8) is 0 Å². The highest BCUT2D eigenvalue weighted by molar-refractivity contribution is 5.92. The van der Waals surface area contributed by atoms with E-state index >= 15 is 0 Å². The molecule has 1 unspecified atom stereocenters. The molecule has 0 aromatic heterocycles. The number of esters is 1. The molecular formula is C20H29NO6. The number of aliphatic hydroxyl groups excluding tert-OH is 1. The number of methoxy groups -OCH3 is 1. The standard InChI is InChI=1S/C20H29NO6/c1-5-26-17-9-7-16(13-18(17)25-4)8-10-19(23)21(14-15(3)22)12-11-20(24)27-6-2/h7-10,13,15,22H,5-6,11-12,14H2,1-4H3/b10-8+. The monoisotopic (exact) mass is 379 g/mol. The number of benzene rings is 1.